The van der Waals surface area contributed by atoms with Crippen molar-refractivity contribution in [2.24, 2.45) is 5.73 Å². The van der Waals surface area contributed by atoms with Crippen LogP contribution in [0.4, 0.5) is 0 Å². The molecular weight excluding hydrogens is 272 g/mol. The summed E-state index contributed by atoms with van der Waals surface area (Å²) in [5.41, 5.74) is 7.21. The molecule has 0 heterocycles. The Labute approximate surface area is 123 Å². The fraction of sp³-hybridized carbons (Fsp3) is 0.267. The molecule has 0 amide bonds. The van der Waals surface area contributed by atoms with E-state index < -0.39 is 0 Å². The minimum Gasteiger partial charge on any atom is -0.487 e. The van der Waals surface area contributed by atoms with Gasteiger partial charge < -0.3 is 15.2 Å². The van der Waals surface area contributed by atoms with Crippen LogP contribution in [-0.4, -0.2) is 6.26 Å². The summed E-state index contributed by atoms with van der Waals surface area (Å²) in [5.74, 6) is 1.13. The van der Waals surface area contributed by atoms with Crippen molar-refractivity contribution in [3.05, 3.63) is 47.4 Å². The van der Waals surface area contributed by atoms with Crippen LogP contribution in [0.2, 0.25) is 0 Å². The van der Waals surface area contributed by atoms with Gasteiger partial charge in [0.2, 0.25) is 0 Å². The lowest BCUT2D eigenvalue weighted by atomic mass is 10.2. The minimum atomic E-state index is 0.294. The van der Waals surface area contributed by atoms with Crippen LogP contribution in [-0.2, 0) is 11.3 Å². The van der Waals surface area contributed by atoms with E-state index in [1.54, 1.807) is 31.0 Å². The number of ether oxygens (including phenoxy) is 2. The molecule has 0 unspecified atom stereocenters. The van der Waals surface area contributed by atoms with Crippen molar-refractivity contribution in [2.45, 2.75) is 25.3 Å². The average molecular weight is 290 g/mol. The summed E-state index contributed by atoms with van der Waals surface area (Å²) in [7, 11) is 0. The van der Waals surface area contributed by atoms with Crippen LogP contribution in [0.5, 0.6) is 5.75 Å². The molecule has 1 aromatic rings. The van der Waals surface area contributed by atoms with Crippen molar-refractivity contribution >= 4 is 11.8 Å². The van der Waals surface area contributed by atoms with E-state index in [2.05, 4.69) is 0 Å². The number of hydrogen-bond donors (Lipinski definition) is 1. The Morgan fingerprint density at radius 2 is 2.25 bits per heavy atom. The van der Waals surface area contributed by atoms with E-state index >= 15 is 0 Å². The summed E-state index contributed by atoms with van der Waals surface area (Å²) < 4.78 is 10.7. The second kappa shape index (κ2) is 8.18. The second-order valence-electron chi connectivity index (χ2n) is 3.97. The fourth-order valence-corrected chi connectivity index (χ4v) is 2.24. The Morgan fingerprint density at radius 3 is 2.80 bits per heavy atom. The molecule has 0 aliphatic heterocycles. The van der Waals surface area contributed by atoms with Crippen LogP contribution in [0.25, 0.3) is 0 Å². The van der Waals surface area contributed by atoms with Crippen LogP contribution in [0.15, 0.2) is 46.7 Å². The van der Waals surface area contributed by atoms with Gasteiger partial charge in [-0.3, -0.25) is 0 Å². The number of allylic oxidation sites excluding steroid dienone is 3. The first kappa shape index (κ1) is 16.0. The molecule has 0 radical (unpaired) electrons. The molecule has 0 aliphatic rings. The number of hydrogen-bond acceptors (Lipinski definition) is 5. The van der Waals surface area contributed by atoms with Crippen LogP contribution in [0.1, 0.15) is 19.4 Å². The highest BCUT2D eigenvalue weighted by molar-refractivity contribution is 7.98. The van der Waals surface area contributed by atoms with E-state index in [1.807, 2.05) is 37.5 Å². The van der Waals surface area contributed by atoms with Gasteiger partial charge in [-0.25, -0.2) is 0 Å². The monoisotopic (exact) mass is 290 g/mol. The predicted molar refractivity (Wildman–Crippen MR) is 81.0 cm³/mol. The number of nitriles is 1. The SMILES string of the molecule is C/C=C\C(OCc1c(OC#N)cccc1SC)=C(\C)N. The van der Waals surface area contributed by atoms with Crippen molar-refractivity contribution in [1.29, 1.82) is 5.26 Å². The fourth-order valence-electron chi connectivity index (χ4n) is 1.62. The first-order valence-electron chi connectivity index (χ1n) is 6.07. The van der Waals surface area contributed by atoms with E-state index in [-0.39, 0.29) is 0 Å². The van der Waals surface area contributed by atoms with Crippen molar-refractivity contribution in [3.8, 4) is 12.0 Å². The van der Waals surface area contributed by atoms with Gasteiger partial charge in [-0.1, -0.05) is 12.1 Å². The molecule has 0 aliphatic carbocycles. The zero-order chi connectivity index (χ0) is 15.0. The molecule has 5 heteroatoms. The highest BCUT2D eigenvalue weighted by Crippen LogP contribution is 2.30. The van der Waals surface area contributed by atoms with Gasteiger partial charge in [0.25, 0.3) is 6.26 Å². The summed E-state index contributed by atoms with van der Waals surface area (Å²) in [6.07, 6.45) is 7.33. The van der Waals surface area contributed by atoms with Gasteiger partial charge >= 0.3 is 0 Å². The third kappa shape index (κ3) is 4.25. The quantitative estimate of drug-likeness (QED) is 0.375. The summed E-state index contributed by atoms with van der Waals surface area (Å²) in [5, 5.41) is 8.70. The molecule has 20 heavy (non-hydrogen) atoms. The van der Waals surface area contributed by atoms with Gasteiger partial charge in [0.1, 0.15) is 18.1 Å². The lowest BCUT2D eigenvalue weighted by molar-refractivity contribution is 0.202. The van der Waals surface area contributed by atoms with Gasteiger partial charge in [0.05, 0.1) is 0 Å². The number of nitrogens with zero attached hydrogens (tertiary/aromatic N) is 1. The zero-order valence-corrected chi connectivity index (χ0v) is 12.7. The molecule has 0 spiro atoms. The third-order valence-corrected chi connectivity index (χ3v) is 3.37. The van der Waals surface area contributed by atoms with E-state index in [0.29, 0.717) is 23.8 Å². The average Bonchev–Trinajstić information content (AvgIpc) is 2.44. The molecule has 0 saturated carbocycles. The van der Waals surface area contributed by atoms with Gasteiger partial charge in [-0.15, -0.1) is 17.0 Å². The van der Waals surface area contributed by atoms with Gasteiger partial charge in [-0.2, -0.15) is 0 Å². The maximum absolute atomic E-state index is 8.70. The molecule has 1 aromatic carbocycles. The van der Waals surface area contributed by atoms with E-state index in [4.69, 9.17) is 20.5 Å². The maximum Gasteiger partial charge on any atom is 0.292 e. The molecule has 1 rings (SSSR count). The lowest BCUT2D eigenvalue weighted by Crippen LogP contribution is -2.03. The molecule has 4 nitrogen and oxygen atoms in total. The lowest BCUT2D eigenvalue weighted by Gasteiger charge is -2.13. The largest absolute Gasteiger partial charge is 0.487 e. The Hall–Kier alpha value is -2.06. The first-order chi connectivity index (χ1) is 9.63. The number of rotatable bonds is 6. The summed E-state index contributed by atoms with van der Waals surface area (Å²) in [6, 6.07) is 5.55. The minimum absolute atomic E-state index is 0.294. The number of benzene rings is 1. The molecule has 0 aromatic heterocycles. The molecule has 0 saturated heterocycles. The topological polar surface area (TPSA) is 68.3 Å². The summed E-state index contributed by atoms with van der Waals surface area (Å²) >= 11 is 1.57. The van der Waals surface area contributed by atoms with Gasteiger partial charge in [0, 0.05) is 16.2 Å². The van der Waals surface area contributed by atoms with Crippen LogP contribution in [0, 0.1) is 11.5 Å². The molecular formula is C15H18N2O2S. The highest BCUT2D eigenvalue weighted by Gasteiger charge is 2.11. The second-order valence-corrected chi connectivity index (χ2v) is 4.81. The molecule has 0 atom stereocenters. The molecule has 0 bridgehead atoms. The van der Waals surface area contributed by atoms with Crippen molar-refractivity contribution in [3.63, 3.8) is 0 Å². The third-order valence-electron chi connectivity index (χ3n) is 2.54. The normalized spacial score (nSPS) is 11.9. The highest BCUT2D eigenvalue weighted by atomic mass is 32.2. The Kier molecular flexibility index (Phi) is 6.54. The standard InChI is InChI=1S/C15H18N2O2S/c1-4-6-13(11(2)17)18-9-12-14(19-10-16)7-5-8-15(12)20-3/h4-8H,9,17H2,1-3H3/b6-4-,13-11+. The van der Waals surface area contributed by atoms with Crippen molar-refractivity contribution < 1.29 is 9.47 Å². The Bertz CT molecular complexity index is 555. The van der Waals surface area contributed by atoms with Gasteiger partial charge in [-0.05, 0) is 38.3 Å². The van der Waals surface area contributed by atoms with Crippen molar-refractivity contribution in [1.82, 2.24) is 0 Å². The van der Waals surface area contributed by atoms with E-state index in [9.17, 15) is 0 Å². The molecule has 2 N–H and O–H groups in total. The number of thioether (sulfide) groups is 1. The van der Waals surface area contributed by atoms with Crippen LogP contribution in [0.3, 0.4) is 0 Å². The number of nitrogens with two attached hydrogens (primary N) is 1. The van der Waals surface area contributed by atoms with E-state index in [0.717, 1.165) is 10.5 Å². The Morgan fingerprint density at radius 1 is 1.50 bits per heavy atom. The molecule has 106 valence electrons. The van der Waals surface area contributed by atoms with Gasteiger partial charge in [0.15, 0.2) is 0 Å². The first-order valence-corrected chi connectivity index (χ1v) is 7.30. The maximum atomic E-state index is 8.70. The smallest absolute Gasteiger partial charge is 0.292 e. The van der Waals surface area contributed by atoms with Crippen LogP contribution < -0.4 is 10.5 Å². The Balaban J connectivity index is 3.02. The van der Waals surface area contributed by atoms with Crippen LogP contribution >= 0.6 is 11.8 Å². The van der Waals surface area contributed by atoms with Crippen molar-refractivity contribution in [2.75, 3.05) is 6.26 Å². The summed E-state index contributed by atoms with van der Waals surface area (Å²) in [6.45, 7) is 3.97. The zero-order valence-electron chi connectivity index (χ0n) is 11.8. The van der Waals surface area contributed by atoms with E-state index in [1.165, 1.54) is 0 Å². The predicted octanol–water partition coefficient (Wildman–Crippen LogP) is 3.55. The molecule has 0 fully saturated rings. The summed E-state index contributed by atoms with van der Waals surface area (Å²) in [4.78, 5) is 1.01.